The Morgan fingerprint density at radius 3 is 2.92 bits per heavy atom. The summed E-state index contributed by atoms with van der Waals surface area (Å²) in [6.45, 7) is 4.20. The number of ether oxygens (including phenoxy) is 2. The van der Waals surface area contributed by atoms with Gasteiger partial charge in [0.15, 0.2) is 5.96 Å². The van der Waals surface area contributed by atoms with Crippen LogP contribution in [0, 0.1) is 0 Å². The van der Waals surface area contributed by atoms with Crippen molar-refractivity contribution in [2.75, 3.05) is 38.7 Å². The molecule has 1 aliphatic rings. The van der Waals surface area contributed by atoms with Crippen molar-refractivity contribution in [3.8, 4) is 5.75 Å². The lowest BCUT2D eigenvalue weighted by atomic mass is 10.2. The van der Waals surface area contributed by atoms with Crippen molar-refractivity contribution in [1.29, 1.82) is 0 Å². The first kappa shape index (κ1) is 21.5. The number of hydrogen-bond donors (Lipinski definition) is 3. The number of anilines is 1. The molecule has 1 aromatic rings. The van der Waals surface area contributed by atoms with E-state index in [0.717, 1.165) is 37.6 Å². The summed E-state index contributed by atoms with van der Waals surface area (Å²) < 4.78 is 11.2. The number of nitrogens with zero attached hydrogens (tertiary/aromatic N) is 1. The monoisotopic (exact) mass is 462 g/mol. The average molecular weight is 462 g/mol. The highest BCUT2D eigenvalue weighted by Crippen LogP contribution is 2.17. The van der Waals surface area contributed by atoms with Gasteiger partial charge in [0.05, 0.1) is 12.6 Å². The lowest BCUT2D eigenvalue weighted by Crippen LogP contribution is -2.42. The predicted octanol–water partition coefficient (Wildman–Crippen LogP) is 1.99. The van der Waals surface area contributed by atoms with Crippen LogP contribution in [0.3, 0.4) is 0 Å². The molecule has 0 bridgehead atoms. The van der Waals surface area contributed by atoms with E-state index in [1.165, 1.54) is 6.92 Å². The summed E-state index contributed by atoms with van der Waals surface area (Å²) in [5.74, 6) is 1.35. The van der Waals surface area contributed by atoms with Gasteiger partial charge in [-0.2, -0.15) is 0 Å². The summed E-state index contributed by atoms with van der Waals surface area (Å²) in [4.78, 5) is 15.2. The van der Waals surface area contributed by atoms with Gasteiger partial charge in [0, 0.05) is 38.9 Å². The third kappa shape index (κ3) is 8.39. The highest BCUT2D eigenvalue weighted by molar-refractivity contribution is 14.0. The van der Waals surface area contributed by atoms with E-state index in [4.69, 9.17) is 9.47 Å². The standard InChI is InChI=1S/C17H26N4O3.HI/c1-13(22)21-14-5-3-6-15(11-14)24-10-8-19-17(18-2)20-12-16-7-4-9-23-16;/h3,5-6,11,16H,4,7-10,12H2,1-2H3,(H,21,22)(H2,18,19,20);1H. The second kappa shape index (κ2) is 11.9. The lowest BCUT2D eigenvalue weighted by molar-refractivity contribution is -0.114. The zero-order valence-electron chi connectivity index (χ0n) is 14.7. The Morgan fingerprint density at radius 1 is 1.40 bits per heavy atom. The number of halogens is 1. The Morgan fingerprint density at radius 2 is 2.24 bits per heavy atom. The maximum absolute atomic E-state index is 11.1. The molecule has 2 rings (SSSR count). The van der Waals surface area contributed by atoms with Gasteiger partial charge < -0.3 is 25.4 Å². The zero-order valence-corrected chi connectivity index (χ0v) is 17.0. The van der Waals surface area contributed by atoms with E-state index in [1.807, 2.05) is 18.2 Å². The van der Waals surface area contributed by atoms with E-state index in [1.54, 1.807) is 13.1 Å². The maximum atomic E-state index is 11.1. The summed E-state index contributed by atoms with van der Waals surface area (Å²) >= 11 is 0. The van der Waals surface area contributed by atoms with Gasteiger partial charge in [0.2, 0.25) is 5.91 Å². The fourth-order valence-electron chi connectivity index (χ4n) is 2.44. The molecule has 1 atom stereocenters. The fourth-order valence-corrected chi connectivity index (χ4v) is 2.44. The van der Waals surface area contributed by atoms with Gasteiger partial charge >= 0.3 is 0 Å². The van der Waals surface area contributed by atoms with Crippen LogP contribution in [0.4, 0.5) is 5.69 Å². The number of guanidine groups is 1. The smallest absolute Gasteiger partial charge is 0.221 e. The molecule has 1 saturated heterocycles. The quantitative estimate of drug-likeness (QED) is 0.250. The zero-order chi connectivity index (χ0) is 17.2. The van der Waals surface area contributed by atoms with Gasteiger partial charge in [-0.15, -0.1) is 24.0 Å². The molecule has 1 aliphatic heterocycles. The molecule has 140 valence electrons. The van der Waals surface area contributed by atoms with Crippen molar-refractivity contribution < 1.29 is 14.3 Å². The number of rotatable bonds is 7. The van der Waals surface area contributed by atoms with Crippen LogP contribution >= 0.6 is 24.0 Å². The van der Waals surface area contributed by atoms with Gasteiger partial charge in [-0.05, 0) is 25.0 Å². The predicted molar refractivity (Wildman–Crippen MR) is 110 cm³/mol. The molecule has 3 N–H and O–H groups in total. The molecule has 0 aliphatic carbocycles. The first-order valence-corrected chi connectivity index (χ1v) is 8.24. The van der Waals surface area contributed by atoms with Crippen molar-refractivity contribution in [2.45, 2.75) is 25.9 Å². The molecule has 1 fully saturated rings. The van der Waals surface area contributed by atoms with Crippen LogP contribution in [0.5, 0.6) is 5.75 Å². The summed E-state index contributed by atoms with van der Waals surface area (Å²) in [6.07, 6.45) is 2.50. The number of carbonyl (C=O) groups is 1. The Balaban J connectivity index is 0.00000312. The highest BCUT2D eigenvalue weighted by Gasteiger charge is 2.15. The molecular formula is C17H27IN4O3. The average Bonchev–Trinajstić information content (AvgIpc) is 3.07. The third-order valence-corrected chi connectivity index (χ3v) is 3.56. The van der Waals surface area contributed by atoms with Crippen LogP contribution in [0.1, 0.15) is 19.8 Å². The molecule has 0 spiro atoms. The van der Waals surface area contributed by atoms with Crippen LogP contribution < -0.4 is 20.7 Å². The van der Waals surface area contributed by atoms with Crippen LogP contribution in [0.15, 0.2) is 29.3 Å². The van der Waals surface area contributed by atoms with E-state index in [0.29, 0.717) is 18.9 Å². The Kier molecular flexibility index (Phi) is 10.2. The number of amides is 1. The first-order valence-electron chi connectivity index (χ1n) is 8.24. The van der Waals surface area contributed by atoms with E-state index >= 15 is 0 Å². The topological polar surface area (TPSA) is 84.0 Å². The van der Waals surface area contributed by atoms with Crippen molar-refractivity contribution >= 4 is 41.5 Å². The van der Waals surface area contributed by atoms with Crippen LogP contribution in [-0.2, 0) is 9.53 Å². The summed E-state index contributed by atoms with van der Waals surface area (Å²) in [7, 11) is 1.74. The number of benzene rings is 1. The molecule has 8 heteroatoms. The molecule has 1 amide bonds. The van der Waals surface area contributed by atoms with Gasteiger partial charge in [0.1, 0.15) is 12.4 Å². The summed E-state index contributed by atoms with van der Waals surface area (Å²) in [5, 5.41) is 9.18. The first-order chi connectivity index (χ1) is 11.7. The SMILES string of the molecule is CN=C(NCCOc1cccc(NC(C)=O)c1)NCC1CCCO1.I. The van der Waals surface area contributed by atoms with Gasteiger partial charge in [-0.3, -0.25) is 9.79 Å². The normalized spacial score (nSPS) is 16.7. The van der Waals surface area contributed by atoms with Crippen molar-refractivity contribution in [3.05, 3.63) is 24.3 Å². The number of carbonyl (C=O) groups excluding carboxylic acids is 1. The van der Waals surface area contributed by atoms with E-state index in [-0.39, 0.29) is 36.0 Å². The molecule has 1 aromatic carbocycles. The van der Waals surface area contributed by atoms with Crippen LogP contribution in [0.25, 0.3) is 0 Å². The highest BCUT2D eigenvalue weighted by atomic mass is 127. The molecule has 25 heavy (non-hydrogen) atoms. The second-order valence-electron chi connectivity index (χ2n) is 5.57. The second-order valence-corrected chi connectivity index (χ2v) is 5.57. The largest absolute Gasteiger partial charge is 0.492 e. The summed E-state index contributed by atoms with van der Waals surface area (Å²) in [5.41, 5.74) is 0.724. The van der Waals surface area contributed by atoms with E-state index in [2.05, 4.69) is 20.9 Å². The van der Waals surface area contributed by atoms with E-state index < -0.39 is 0 Å². The molecule has 7 nitrogen and oxygen atoms in total. The van der Waals surface area contributed by atoms with Crippen LogP contribution in [-0.4, -0.2) is 51.3 Å². The molecule has 0 saturated carbocycles. The Labute approximate surface area is 166 Å². The maximum Gasteiger partial charge on any atom is 0.221 e. The molecule has 1 unspecified atom stereocenters. The van der Waals surface area contributed by atoms with Crippen LogP contribution in [0.2, 0.25) is 0 Å². The summed E-state index contributed by atoms with van der Waals surface area (Å²) in [6, 6.07) is 7.32. The number of aliphatic imine (C=N–C) groups is 1. The molecular weight excluding hydrogens is 435 g/mol. The Hall–Kier alpha value is -1.55. The molecule has 0 radical (unpaired) electrons. The minimum absolute atomic E-state index is 0. The fraction of sp³-hybridized carbons (Fsp3) is 0.529. The van der Waals surface area contributed by atoms with Crippen molar-refractivity contribution in [2.24, 2.45) is 4.99 Å². The number of nitrogens with one attached hydrogen (secondary N) is 3. The third-order valence-electron chi connectivity index (χ3n) is 3.56. The van der Waals surface area contributed by atoms with Crippen molar-refractivity contribution in [3.63, 3.8) is 0 Å². The minimum atomic E-state index is -0.102. The van der Waals surface area contributed by atoms with Crippen molar-refractivity contribution in [1.82, 2.24) is 10.6 Å². The molecule has 1 heterocycles. The van der Waals surface area contributed by atoms with Gasteiger partial charge in [-0.25, -0.2) is 0 Å². The lowest BCUT2D eigenvalue weighted by Gasteiger charge is -2.15. The molecule has 0 aromatic heterocycles. The van der Waals surface area contributed by atoms with E-state index in [9.17, 15) is 4.79 Å². The number of hydrogen-bond acceptors (Lipinski definition) is 4. The minimum Gasteiger partial charge on any atom is -0.492 e. The van der Waals surface area contributed by atoms with Gasteiger partial charge in [-0.1, -0.05) is 6.07 Å². The van der Waals surface area contributed by atoms with Gasteiger partial charge in [0.25, 0.3) is 0 Å². The Bertz CT molecular complexity index is 563.